The minimum atomic E-state index is -0.970. The highest BCUT2D eigenvalue weighted by molar-refractivity contribution is 5.87. The van der Waals surface area contributed by atoms with Gasteiger partial charge in [0.1, 0.15) is 6.54 Å². The first-order valence-electron chi connectivity index (χ1n) is 6.00. The number of hydrogen-bond acceptors (Lipinski definition) is 4. The van der Waals surface area contributed by atoms with Crippen LogP contribution in [0.2, 0.25) is 0 Å². The van der Waals surface area contributed by atoms with Gasteiger partial charge >= 0.3 is 5.97 Å². The Morgan fingerprint density at radius 3 is 2.55 bits per heavy atom. The predicted molar refractivity (Wildman–Crippen MR) is 70.0 cm³/mol. The number of rotatable bonds is 5. The molecule has 0 radical (unpaired) electrons. The summed E-state index contributed by atoms with van der Waals surface area (Å²) >= 11 is 0. The zero-order chi connectivity index (χ0) is 14.5. The molecule has 0 aliphatic heterocycles. The predicted octanol–water partition coefficient (Wildman–Crippen LogP) is 0.601. The monoisotopic (exact) mass is 274 g/mol. The lowest BCUT2D eigenvalue weighted by atomic mass is 10.1. The van der Waals surface area contributed by atoms with E-state index in [-0.39, 0.29) is 18.0 Å². The largest absolute Gasteiger partial charge is 0.478 e. The van der Waals surface area contributed by atoms with Crippen molar-refractivity contribution in [1.29, 1.82) is 0 Å². The van der Waals surface area contributed by atoms with Crippen molar-refractivity contribution in [2.24, 2.45) is 0 Å². The average Bonchev–Trinajstić information content (AvgIpc) is 2.82. The molecule has 7 heteroatoms. The van der Waals surface area contributed by atoms with Gasteiger partial charge in [-0.1, -0.05) is 17.3 Å². The molecule has 0 unspecified atom stereocenters. The molecule has 0 aliphatic carbocycles. The summed E-state index contributed by atoms with van der Waals surface area (Å²) in [5.74, 6) is -1.15. The summed E-state index contributed by atoms with van der Waals surface area (Å²) < 4.78 is 1.50. The third kappa shape index (κ3) is 3.41. The number of amides is 1. The van der Waals surface area contributed by atoms with Gasteiger partial charge in [-0.25, -0.2) is 9.48 Å². The maximum Gasteiger partial charge on any atom is 0.335 e. The van der Waals surface area contributed by atoms with E-state index >= 15 is 0 Å². The summed E-state index contributed by atoms with van der Waals surface area (Å²) in [5, 5.41) is 19.0. The lowest BCUT2D eigenvalue weighted by molar-refractivity contribution is -0.122. The highest BCUT2D eigenvalue weighted by Crippen LogP contribution is 2.04. The van der Waals surface area contributed by atoms with Gasteiger partial charge in [0, 0.05) is 6.54 Å². The number of nitrogens with zero attached hydrogens (tertiary/aromatic N) is 3. The van der Waals surface area contributed by atoms with Crippen LogP contribution in [-0.2, 0) is 17.9 Å². The molecular weight excluding hydrogens is 260 g/mol. The fourth-order valence-corrected chi connectivity index (χ4v) is 1.62. The molecule has 2 aromatic rings. The van der Waals surface area contributed by atoms with E-state index in [2.05, 4.69) is 15.6 Å². The highest BCUT2D eigenvalue weighted by atomic mass is 16.4. The van der Waals surface area contributed by atoms with Crippen LogP contribution in [0.4, 0.5) is 0 Å². The first-order valence-corrected chi connectivity index (χ1v) is 6.00. The highest BCUT2D eigenvalue weighted by Gasteiger charge is 2.06. The standard InChI is InChI=1S/C13H14N4O3/c1-9-6-15-16-17(9)8-12(18)14-7-10-2-4-11(5-3-10)13(19)20/h2-6H,7-8H2,1H3,(H,14,18)(H,19,20). The van der Waals surface area contributed by atoms with Crippen molar-refractivity contribution in [3.63, 3.8) is 0 Å². The van der Waals surface area contributed by atoms with Crippen molar-refractivity contribution in [3.8, 4) is 0 Å². The van der Waals surface area contributed by atoms with E-state index in [0.717, 1.165) is 11.3 Å². The van der Waals surface area contributed by atoms with Crippen LogP contribution in [0.1, 0.15) is 21.6 Å². The van der Waals surface area contributed by atoms with Gasteiger partial charge in [-0.05, 0) is 24.6 Å². The third-order valence-corrected chi connectivity index (χ3v) is 2.80. The fraction of sp³-hybridized carbons (Fsp3) is 0.231. The summed E-state index contributed by atoms with van der Waals surface area (Å²) in [6, 6.07) is 6.35. The second kappa shape index (κ2) is 5.96. The summed E-state index contributed by atoms with van der Waals surface area (Å²) in [5.41, 5.74) is 1.86. The Kier molecular flexibility index (Phi) is 4.09. The van der Waals surface area contributed by atoms with Crippen LogP contribution in [-0.4, -0.2) is 32.0 Å². The summed E-state index contributed by atoms with van der Waals surface area (Å²) in [6.45, 7) is 2.27. The summed E-state index contributed by atoms with van der Waals surface area (Å²) in [4.78, 5) is 22.4. The molecule has 1 heterocycles. The number of hydrogen-bond donors (Lipinski definition) is 2. The molecule has 7 nitrogen and oxygen atoms in total. The molecule has 104 valence electrons. The first-order chi connectivity index (χ1) is 9.56. The fourth-order valence-electron chi connectivity index (χ4n) is 1.62. The summed E-state index contributed by atoms with van der Waals surface area (Å²) in [6.07, 6.45) is 1.58. The van der Waals surface area contributed by atoms with Crippen LogP contribution in [0.15, 0.2) is 30.5 Å². The van der Waals surface area contributed by atoms with E-state index in [0.29, 0.717) is 6.54 Å². The van der Waals surface area contributed by atoms with Crippen molar-refractivity contribution in [2.75, 3.05) is 0 Å². The van der Waals surface area contributed by atoms with Gasteiger partial charge in [0.15, 0.2) is 0 Å². The van der Waals surface area contributed by atoms with Gasteiger partial charge in [-0.2, -0.15) is 0 Å². The second-order valence-electron chi connectivity index (χ2n) is 4.31. The van der Waals surface area contributed by atoms with Crippen LogP contribution >= 0.6 is 0 Å². The maximum atomic E-state index is 11.7. The molecule has 0 aliphatic rings. The van der Waals surface area contributed by atoms with Crippen molar-refractivity contribution in [3.05, 3.63) is 47.3 Å². The van der Waals surface area contributed by atoms with Gasteiger partial charge in [-0.15, -0.1) is 5.10 Å². The SMILES string of the molecule is Cc1cnnn1CC(=O)NCc1ccc(C(=O)O)cc1. The van der Waals surface area contributed by atoms with Crippen LogP contribution in [0.3, 0.4) is 0 Å². The van der Waals surface area contributed by atoms with E-state index in [1.807, 2.05) is 6.92 Å². The molecule has 20 heavy (non-hydrogen) atoms. The van der Waals surface area contributed by atoms with E-state index < -0.39 is 5.97 Å². The number of nitrogens with one attached hydrogen (secondary N) is 1. The minimum absolute atomic E-state index is 0.110. The average molecular weight is 274 g/mol. The van der Waals surface area contributed by atoms with E-state index in [4.69, 9.17) is 5.11 Å². The Labute approximate surface area is 115 Å². The maximum absolute atomic E-state index is 11.7. The van der Waals surface area contributed by atoms with Crippen molar-refractivity contribution >= 4 is 11.9 Å². The Bertz CT molecular complexity index is 619. The zero-order valence-electron chi connectivity index (χ0n) is 10.9. The van der Waals surface area contributed by atoms with Crippen molar-refractivity contribution < 1.29 is 14.7 Å². The number of aromatic nitrogens is 3. The molecule has 0 bridgehead atoms. The lowest BCUT2D eigenvalue weighted by Gasteiger charge is -2.06. The molecular formula is C13H14N4O3. The number of aryl methyl sites for hydroxylation is 1. The number of carbonyl (C=O) groups is 2. The zero-order valence-corrected chi connectivity index (χ0v) is 10.9. The molecule has 1 amide bonds. The van der Waals surface area contributed by atoms with Crippen LogP contribution in [0.25, 0.3) is 0 Å². The molecule has 0 spiro atoms. The van der Waals surface area contributed by atoms with E-state index in [1.165, 1.54) is 16.8 Å². The Balaban J connectivity index is 1.87. The Morgan fingerprint density at radius 2 is 2.00 bits per heavy atom. The Morgan fingerprint density at radius 1 is 1.30 bits per heavy atom. The molecule has 2 rings (SSSR count). The minimum Gasteiger partial charge on any atom is -0.478 e. The quantitative estimate of drug-likeness (QED) is 0.832. The van der Waals surface area contributed by atoms with Gasteiger partial charge in [-0.3, -0.25) is 4.79 Å². The number of carboxylic acids is 1. The van der Waals surface area contributed by atoms with E-state index in [9.17, 15) is 9.59 Å². The summed E-state index contributed by atoms with van der Waals surface area (Å²) in [7, 11) is 0. The second-order valence-corrected chi connectivity index (χ2v) is 4.31. The van der Waals surface area contributed by atoms with Gasteiger partial charge in [0.05, 0.1) is 17.5 Å². The molecule has 0 fully saturated rings. The normalized spacial score (nSPS) is 10.2. The van der Waals surface area contributed by atoms with E-state index in [1.54, 1.807) is 18.3 Å². The van der Waals surface area contributed by atoms with Crippen LogP contribution in [0.5, 0.6) is 0 Å². The van der Waals surface area contributed by atoms with Crippen molar-refractivity contribution in [1.82, 2.24) is 20.3 Å². The van der Waals surface area contributed by atoms with Gasteiger partial charge in [0.2, 0.25) is 5.91 Å². The van der Waals surface area contributed by atoms with Gasteiger partial charge in [0.25, 0.3) is 0 Å². The number of carboxylic acid groups (broad SMARTS) is 1. The van der Waals surface area contributed by atoms with Gasteiger partial charge < -0.3 is 10.4 Å². The smallest absolute Gasteiger partial charge is 0.335 e. The molecule has 2 N–H and O–H groups in total. The van der Waals surface area contributed by atoms with Crippen LogP contribution in [0, 0.1) is 6.92 Å². The number of carbonyl (C=O) groups excluding carboxylic acids is 1. The molecule has 0 saturated carbocycles. The molecule has 0 atom stereocenters. The molecule has 0 saturated heterocycles. The third-order valence-electron chi connectivity index (χ3n) is 2.80. The topological polar surface area (TPSA) is 97.1 Å². The van der Waals surface area contributed by atoms with Crippen molar-refractivity contribution in [2.45, 2.75) is 20.0 Å². The molecule has 1 aromatic heterocycles. The lowest BCUT2D eigenvalue weighted by Crippen LogP contribution is -2.28. The Hall–Kier alpha value is -2.70. The van der Waals surface area contributed by atoms with Crippen LogP contribution < -0.4 is 5.32 Å². The number of aromatic carboxylic acids is 1. The first kappa shape index (κ1) is 13.7. The number of benzene rings is 1. The molecule has 1 aromatic carbocycles.